The molecule has 0 saturated carbocycles. The Kier molecular flexibility index (Phi) is 10.1. The maximum Gasteiger partial charge on any atom is 0.344 e. The first kappa shape index (κ1) is 23.1. The maximum atomic E-state index is 12.3. The van der Waals surface area contributed by atoms with Crippen molar-refractivity contribution in [3.63, 3.8) is 0 Å². The van der Waals surface area contributed by atoms with E-state index in [1.165, 1.54) is 26.4 Å². The third kappa shape index (κ3) is 7.70. The number of ether oxygens (including phenoxy) is 3. The molecule has 0 bridgehead atoms. The number of rotatable bonds is 11. The van der Waals surface area contributed by atoms with Crippen LogP contribution in [0.2, 0.25) is 19.1 Å². The van der Waals surface area contributed by atoms with Crippen LogP contribution in [0.25, 0.3) is 5.01 Å². The lowest BCUT2D eigenvalue weighted by molar-refractivity contribution is 0.0529. The van der Waals surface area contributed by atoms with Crippen molar-refractivity contribution < 1.29 is 23.4 Å². The van der Waals surface area contributed by atoms with Gasteiger partial charge in [-0.05, 0) is 43.4 Å². The Morgan fingerprint density at radius 1 is 1.19 bits per heavy atom. The highest BCUT2D eigenvalue weighted by molar-refractivity contribution is 7.99. The third-order valence-corrected chi connectivity index (χ3v) is 7.68. The number of hydrogen-bond acceptors (Lipinski definition) is 7. The standard InChI is InChI=1S/C18H27NO6SSi/c1-22-16-11-14(12-17(23-2)15(16)13-19-21)18(20)25-7-9-26-8-6-10-27(4,5)24-3/h11-12H,6-10H2,1-5H3. The minimum absolute atomic E-state index is 0.254. The van der Waals surface area contributed by atoms with E-state index in [4.69, 9.17) is 18.6 Å². The van der Waals surface area contributed by atoms with Gasteiger partial charge in [-0.1, -0.05) is 0 Å². The Morgan fingerprint density at radius 3 is 2.33 bits per heavy atom. The first-order valence-corrected chi connectivity index (χ1v) is 12.8. The van der Waals surface area contributed by atoms with Gasteiger partial charge in [0.1, 0.15) is 18.1 Å². The molecule has 0 aliphatic rings. The highest BCUT2D eigenvalue weighted by atomic mass is 32.2. The summed E-state index contributed by atoms with van der Waals surface area (Å²) in [7, 11) is 3.13. The van der Waals surface area contributed by atoms with Crippen molar-refractivity contribution in [3.05, 3.63) is 33.5 Å². The van der Waals surface area contributed by atoms with Crippen LogP contribution in [0.1, 0.15) is 22.3 Å². The number of thioether (sulfide) groups is 1. The first-order chi connectivity index (χ1) is 12.9. The van der Waals surface area contributed by atoms with Crippen molar-refractivity contribution in [1.29, 1.82) is 0 Å². The number of hydrogen-bond donors (Lipinski definition) is 0. The molecule has 0 aliphatic heterocycles. The van der Waals surface area contributed by atoms with Gasteiger partial charge in [-0.2, -0.15) is 11.8 Å². The van der Waals surface area contributed by atoms with Crippen molar-refractivity contribution in [3.8, 4) is 17.6 Å². The van der Waals surface area contributed by atoms with E-state index >= 15 is 0 Å². The molecule has 0 saturated heterocycles. The van der Waals surface area contributed by atoms with E-state index in [9.17, 15) is 10.0 Å². The summed E-state index contributed by atoms with van der Waals surface area (Å²) in [5, 5.41) is 13.1. The number of carbonyl (C=O) groups is 1. The molecule has 9 heteroatoms. The molecule has 0 N–H and O–H groups in total. The van der Waals surface area contributed by atoms with Gasteiger partial charge < -0.3 is 23.8 Å². The molecule has 1 aromatic rings. The van der Waals surface area contributed by atoms with Crippen molar-refractivity contribution in [2.75, 3.05) is 39.4 Å². The zero-order chi connectivity index (χ0) is 20.3. The van der Waals surface area contributed by atoms with E-state index < -0.39 is 14.3 Å². The molecule has 0 spiro atoms. The number of methoxy groups -OCH3 is 2. The van der Waals surface area contributed by atoms with Gasteiger partial charge in [0.25, 0.3) is 0 Å². The number of carbonyl (C=O) groups excluding carboxylic acids is 1. The van der Waals surface area contributed by atoms with Crippen LogP contribution < -0.4 is 9.47 Å². The van der Waals surface area contributed by atoms with Crippen molar-refractivity contribution >= 4 is 26.0 Å². The smallest absolute Gasteiger partial charge is 0.344 e. The lowest BCUT2D eigenvalue weighted by atomic mass is 10.1. The zero-order valence-corrected chi connectivity index (χ0v) is 18.3. The van der Waals surface area contributed by atoms with Gasteiger partial charge in [0.05, 0.1) is 19.8 Å². The first-order valence-electron chi connectivity index (χ1n) is 8.53. The molecule has 0 amide bonds. The molecular weight excluding hydrogens is 386 g/mol. The molecular formula is C18H27NO6SSi. The molecule has 0 atom stereocenters. The van der Waals surface area contributed by atoms with Crippen molar-refractivity contribution in [2.45, 2.75) is 25.6 Å². The number of nitrogens with zero attached hydrogens (tertiary/aromatic N) is 1. The fourth-order valence-corrected chi connectivity index (χ4v) is 4.51. The van der Waals surface area contributed by atoms with Crippen LogP contribution in [-0.4, -0.2) is 53.7 Å². The van der Waals surface area contributed by atoms with Gasteiger partial charge in [0.15, 0.2) is 13.9 Å². The van der Waals surface area contributed by atoms with Crippen LogP contribution in [0.4, 0.5) is 0 Å². The summed E-state index contributed by atoms with van der Waals surface area (Å²) in [5.41, 5.74) is 0.530. The van der Waals surface area contributed by atoms with Gasteiger partial charge >= 0.3 is 12.0 Å². The SMILES string of the molecule is COc1cc(C(=O)OCCSCCC[Si](C)(C)OC)cc(OC)c1C#[N+][O-]. The van der Waals surface area contributed by atoms with Crippen LogP contribution in [0.3, 0.4) is 0 Å². The lowest BCUT2D eigenvalue weighted by Gasteiger charge is -2.19. The Hall–Kier alpha value is -1.89. The largest absolute Gasteiger partial charge is 0.498 e. The van der Waals surface area contributed by atoms with Crippen LogP contribution in [0.5, 0.6) is 11.5 Å². The molecule has 0 unspecified atom stereocenters. The summed E-state index contributed by atoms with van der Waals surface area (Å²) >= 11 is 1.75. The lowest BCUT2D eigenvalue weighted by Crippen LogP contribution is -2.28. The molecule has 0 fully saturated rings. The molecule has 0 radical (unpaired) electrons. The second-order valence-electron chi connectivity index (χ2n) is 6.27. The summed E-state index contributed by atoms with van der Waals surface area (Å²) < 4.78 is 21.2. The van der Waals surface area contributed by atoms with E-state index in [2.05, 4.69) is 24.2 Å². The summed E-state index contributed by atoms with van der Waals surface area (Å²) in [6, 6.07) is 6.32. The van der Waals surface area contributed by atoms with E-state index in [-0.39, 0.29) is 22.6 Å². The molecule has 150 valence electrons. The monoisotopic (exact) mass is 413 g/mol. The molecule has 1 aromatic carbocycles. The minimum Gasteiger partial charge on any atom is -0.498 e. The van der Waals surface area contributed by atoms with Gasteiger partial charge in [0, 0.05) is 17.9 Å². The van der Waals surface area contributed by atoms with Gasteiger partial charge in [-0.15, -0.1) is 0 Å². The second-order valence-corrected chi connectivity index (χ2v) is 11.9. The second kappa shape index (κ2) is 11.7. The Bertz CT molecular complexity index is 661. The highest BCUT2D eigenvalue weighted by Crippen LogP contribution is 2.30. The molecule has 0 aliphatic carbocycles. The minimum atomic E-state index is -1.49. The van der Waals surface area contributed by atoms with E-state index in [1.54, 1.807) is 18.9 Å². The molecule has 1 rings (SSSR count). The van der Waals surface area contributed by atoms with Gasteiger partial charge in [0.2, 0.25) is 0 Å². The summed E-state index contributed by atoms with van der Waals surface area (Å²) in [5.74, 6) is 1.79. The maximum absolute atomic E-state index is 12.3. The van der Waals surface area contributed by atoms with E-state index in [0.29, 0.717) is 6.61 Å². The zero-order valence-electron chi connectivity index (χ0n) is 16.5. The summed E-state index contributed by atoms with van der Waals surface area (Å²) in [6.07, 6.45) is 1.10. The third-order valence-electron chi connectivity index (χ3n) is 3.98. The summed E-state index contributed by atoms with van der Waals surface area (Å²) in [6.45, 7) is 4.72. The van der Waals surface area contributed by atoms with Crippen LogP contribution >= 0.6 is 11.8 Å². The average molecular weight is 414 g/mol. The highest BCUT2D eigenvalue weighted by Gasteiger charge is 2.20. The molecule has 0 heterocycles. The Balaban J connectivity index is 2.52. The van der Waals surface area contributed by atoms with Gasteiger partial charge in [-0.3, -0.25) is 0 Å². The normalized spacial score (nSPS) is 10.7. The number of esters is 1. The quantitative estimate of drug-likeness (QED) is 0.235. The fraction of sp³-hybridized carbons (Fsp3) is 0.556. The fourth-order valence-electron chi connectivity index (χ4n) is 2.27. The average Bonchev–Trinajstić information content (AvgIpc) is 2.67. The number of benzene rings is 1. The summed E-state index contributed by atoms with van der Waals surface area (Å²) in [4.78, 5) is 12.3. The van der Waals surface area contributed by atoms with E-state index in [0.717, 1.165) is 24.0 Å². The molecule has 27 heavy (non-hydrogen) atoms. The van der Waals surface area contributed by atoms with Gasteiger partial charge in [-0.25, -0.2) is 4.79 Å². The van der Waals surface area contributed by atoms with Crippen LogP contribution in [0.15, 0.2) is 12.1 Å². The van der Waals surface area contributed by atoms with Crippen molar-refractivity contribution in [2.24, 2.45) is 0 Å². The predicted octanol–water partition coefficient (Wildman–Crippen LogP) is 4.01. The predicted molar refractivity (Wildman–Crippen MR) is 111 cm³/mol. The molecule has 0 aromatic heterocycles. The topological polar surface area (TPSA) is 81.4 Å². The molecule has 7 nitrogen and oxygen atoms in total. The van der Waals surface area contributed by atoms with E-state index in [1.807, 2.05) is 0 Å². The Morgan fingerprint density at radius 2 is 1.81 bits per heavy atom. The van der Waals surface area contributed by atoms with Crippen LogP contribution in [-0.2, 0) is 9.16 Å². The Labute approximate surface area is 165 Å². The van der Waals surface area contributed by atoms with Crippen LogP contribution in [0, 0.1) is 11.3 Å². The van der Waals surface area contributed by atoms with Crippen molar-refractivity contribution in [1.82, 2.24) is 0 Å².